The lowest BCUT2D eigenvalue weighted by Gasteiger charge is -2.17. The number of nitrogens with one attached hydrogen (secondary N) is 1. The van der Waals surface area contributed by atoms with Gasteiger partial charge >= 0.3 is 5.97 Å². The quantitative estimate of drug-likeness (QED) is 0.621. The van der Waals surface area contributed by atoms with Crippen LogP contribution in [0.15, 0.2) is 42.5 Å². The number of hydrogen-bond acceptors (Lipinski definition) is 4. The van der Waals surface area contributed by atoms with Crippen LogP contribution in [0.2, 0.25) is 5.02 Å². The predicted octanol–water partition coefficient (Wildman–Crippen LogP) is 4.52. The molecule has 26 heavy (non-hydrogen) atoms. The lowest BCUT2D eigenvalue weighted by molar-refractivity contribution is -0.139. The van der Waals surface area contributed by atoms with Crippen molar-refractivity contribution >= 4 is 29.3 Å². The first-order chi connectivity index (χ1) is 12.5. The minimum absolute atomic E-state index is 0.384. The van der Waals surface area contributed by atoms with Crippen LogP contribution in [-0.4, -0.2) is 29.1 Å². The molecule has 0 aromatic heterocycles. The SMILES string of the molecule is CSCCC(NCc1cc(Cl)ccc1OCc1cccc(C)c1)C(=O)O. The second kappa shape index (κ2) is 10.5. The zero-order chi connectivity index (χ0) is 18.9. The number of benzene rings is 2. The minimum atomic E-state index is -0.844. The van der Waals surface area contributed by atoms with E-state index in [0.29, 0.717) is 30.3 Å². The zero-order valence-corrected chi connectivity index (χ0v) is 16.6. The molecule has 140 valence electrons. The maximum Gasteiger partial charge on any atom is 0.320 e. The Morgan fingerprint density at radius 1 is 1.31 bits per heavy atom. The van der Waals surface area contributed by atoms with Crippen molar-refractivity contribution in [1.82, 2.24) is 5.32 Å². The van der Waals surface area contributed by atoms with Gasteiger partial charge in [-0.3, -0.25) is 4.79 Å². The molecule has 0 aliphatic carbocycles. The molecular weight excluding hydrogens is 370 g/mol. The Balaban J connectivity index is 2.05. The highest BCUT2D eigenvalue weighted by Gasteiger charge is 2.17. The fourth-order valence-corrected chi connectivity index (χ4v) is 3.24. The topological polar surface area (TPSA) is 58.6 Å². The molecule has 6 heteroatoms. The van der Waals surface area contributed by atoms with Gasteiger partial charge in [-0.25, -0.2) is 0 Å². The van der Waals surface area contributed by atoms with E-state index < -0.39 is 12.0 Å². The van der Waals surface area contributed by atoms with Gasteiger partial charge in [0.2, 0.25) is 0 Å². The summed E-state index contributed by atoms with van der Waals surface area (Å²) in [4.78, 5) is 11.4. The highest BCUT2D eigenvalue weighted by Crippen LogP contribution is 2.24. The number of carboxylic acids is 1. The van der Waals surface area contributed by atoms with E-state index in [1.54, 1.807) is 17.8 Å². The zero-order valence-electron chi connectivity index (χ0n) is 15.0. The number of aryl methyl sites for hydroxylation is 1. The van der Waals surface area contributed by atoms with Crippen LogP contribution in [-0.2, 0) is 17.9 Å². The molecule has 2 N–H and O–H groups in total. The van der Waals surface area contributed by atoms with Crippen molar-refractivity contribution in [3.05, 3.63) is 64.2 Å². The predicted molar refractivity (Wildman–Crippen MR) is 108 cm³/mol. The van der Waals surface area contributed by atoms with Gasteiger partial charge in [0.15, 0.2) is 0 Å². The van der Waals surface area contributed by atoms with Crippen molar-refractivity contribution in [1.29, 1.82) is 0 Å². The molecule has 0 aliphatic rings. The monoisotopic (exact) mass is 393 g/mol. The lowest BCUT2D eigenvalue weighted by Crippen LogP contribution is -2.36. The Bertz CT molecular complexity index is 739. The van der Waals surface area contributed by atoms with Crippen molar-refractivity contribution in [2.45, 2.75) is 32.5 Å². The van der Waals surface area contributed by atoms with Crippen molar-refractivity contribution in [2.24, 2.45) is 0 Å². The number of rotatable bonds is 10. The minimum Gasteiger partial charge on any atom is -0.489 e. The molecule has 0 heterocycles. The number of thioether (sulfide) groups is 1. The number of hydrogen-bond donors (Lipinski definition) is 2. The molecule has 0 bridgehead atoms. The summed E-state index contributed by atoms with van der Waals surface area (Å²) >= 11 is 7.75. The molecule has 1 atom stereocenters. The van der Waals surface area contributed by atoms with E-state index in [0.717, 1.165) is 16.9 Å². The summed E-state index contributed by atoms with van der Waals surface area (Å²) in [7, 11) is 0. The summed E-state index contributed by atoms with van der Waals surface area (Å²) in [5, 5.41) is 13.0. The summed E-state index contributed by atoms with van der Waals surface area (Å²) in [5.74, 6) is 0.650. The summed E-state index contributed by atoms with van der Waals surface area (Å²) in [6.07, 6.45) is 2.53. The van der Waals surface area contributed by atoms with Gasteiger partial charge in [-0.15, -0.1) is 0 Å². The third-order valence-corrected chi connectivity index (χ3v) is 4.83. The maximum absolute atomic E-state index is 11.4. The molecule has 0 amide bonds. The first-order valence-corrected chi connectivity index (χ1v) is 10.2. The molecule has 0 spiro atoms. The van der Waals surface area contributed by atoms with Crippen LogP contribution in [0.5, 0.6) is 5.75 Å². The summed E-state index contributed by atoms with van der Waals surface area (Å²) in [6, 6.07) is 13.0. The number of aliphatic carboxylic acids is 1. The third-order valence-electron chi connectivity index (χ3n) is 3.95. The molecule has 1 unspecified atom stereocenters. The van der Waals surface area contributed by atoms with Crippen LogP contribution < -0.4 is 10.1 Å². The Hall–Kier alpha value is -1.69. The lowest BCUT2D eigenvalue weighted by atomic mass is 10.1. The molecule has 4 nitrogen and oxygen atoms in total. The standard InChI is InChI=1S/C20H24ClNO3S/c1-14-4-3-5-15(10-14)13-25-19-7-6-17(21)11-16(19)12-22-18(20(23)24)8-9-26-2/h3-7,10-11,18,22H,8-9,12-13H2,1-2H3,(H,23,24). The van der Waals surface area contributed by atoms with Gasteiger partial charge in [0.05, 0.1) is 0 Å². The second-order valence-corrected chi connectivity index (χ2v) is 7.51. The second-order valence-electron chi connectivity index (χ2n) is 6.08. The number of ether oxygens (including phenoxy) is 1. The van der Waals surface area contributed by atoms with E-state index in [-0.39, 0.29) is 0 Å². The van der Waals surface area contributed by atoms with E-state index in [4.69, 9.17) is 16.3 Å². The van der Waals surface area contributed by atoms with E-state index in [9.17, 15) is 9.90 Å². The molecule has 0 radical (unpaired) electrons. The van der Waals surface area contributed by atoms with Gasteiger partial charge < -0.3 is 15.2 Å². The van der Waals surface area contributed by atoms with Gasteiger partial charge in [0, 0.05) is 17.1 Å². The molecular formula is C20H24ClNO3S. The highest BCUT2D eigenvalue weighted by molar-refractivity contribution is 7.98. The summed E-state index contributed by atoms with van der Waals surface area (Å²) in [5.41, 5.74) is 3.12. The van der Waals surface area contributed by atoms with Crippen molar-refractivity contribution in [2.75, 3.05) is 12.0 Å². The highest BCUT2D eigenvalue weighted by atomic mass is 35.5. The van der Waals surface area contributed by atoms with Crippen molar-refractivity contribution < 1.29 is 14.6 Å². The van der Waals surface area contributed by atoms with Crippen LogP contribution in [0.4, 0.5) is 0 Å². The Kier molecular flexibility index (Phi) is 8.29. The molecule has 0 aliphatic heterocycles. The Morgan fingerprint density at radius 3 is 2.81 bits per heavy atom. The fourth-order valence-electron chi connectivity index (χ4n) is 2.57. The van der Waals surface area contributed by atoms with Crippen LogP contribution in [0.3, 0.4) is 0 Å². The van der Waals surface area contributed by atoms with Crippen LogP contribution in [0.1, 0.15) is 23.1 Å². The van der Waals surface area contributed by atoms with Crippen molar-refractivity contribution in [3.63, 3.8) is 0 Å². The number of halogens is 1. The van der Waals surface area contributed by atoms with Crippen LogP contribution in [0.25, 0.3) is 0 Å². The number of carbonyl (C=O) groups is 1. The van der Waals surface area contributed by atoms with Gasteiger partial charge in [-0.05, 0) is 49.1 Å². The average Bonchev–Trinajstić information content (AvgIpc) is 2.60. The molecule has 2 aromatic carbocycles. The largest absolute Gasteiger partial charge is 0.489 e. The molecule has 0 saturated heterocycles. The third kappa shape index (κ3) is 6.56. The van der Waals surface area contributed by atoms with Gasteiger partial charge in [-0.2, -0.15) is 11.8 Å². The first kappa shape index (κ1) is 20.6. The number of carboxylic acid groups (broad SMARTS) is 1. The van der Waals surface area contributed by atoms with Crippen molar-refractivity contribution in [3.8, 4) is 5.75 Å². The van der Waals surface area contributed by atoms with E-state index in [1.807, 2.05) is 43.5 Å². The molecule has 0 fully saturated rings. The molecule has 0 saturated carbocycles. The summed E-state index contributed by atoms with van der Waals surface area (Å²) in [6.45, 7) is 2.88. The molecule has 2 aromatic rings. The fraction of sp³-hybridized carbons (Fsp3) is 0.350. The Labute approximate surface area is 163 Å². The Morgan fingerprint density at radius 2 is 2.12 bits per heavy atom. The first-order valence-electron chi connectivity index (χ1n) is 8.41. The van der Waals surface area contributed by atoms with E-state index in [2.05, 4.69) is 11.4 Å². The normalized spacial score (nSPS) is 12.0. The van der Waals surface area contributed by atoms with E-state index in [1.165, 1.54) is 5.56 Å². The van der Waals surface area contributed by atoms with Gasteiger partial charge in [0.1, 0.15) is 18.4 Å². The van der Waals surface area contributed by atoms with Gasteiger partial charge in [0.25, 0.3) is 0 Å². The van der Waals surface area contributed by atoms with Crippen LogP contribution in [0, 0.1) is 6.92 Å². The maximum atomic E-state index is 11.4. The van der Waals surface area contributed by atoms with Gasteiger partial charge in [-0.1, -0.05) is 41.4 Å². The molecule has 2 rings (SSSR count). The van der Waals surface area contributed by atoms with E-state index >= 15 is 0 Å². The summed E-state index contributed by atoms with van der Waals surface area (Å²) < 4.78 is 5.96. The smallest absolute Gasteiger partial charge is 0.320 e. The van der Waals surface area contributed by atoms with Crippen LogP contribution >= 0.6 is 23.4 Å². The average molecular weight is 394 g/mol.